The van der Waals surface area contributed by atoms with Crippen LogP contribution < -0.4 is 5.32 Å². The van der Waals surface area contributed by atoms with Gasteiger partial charge >= 0.3 is 0 Å². The van der Waals surface area contributed by atoms with Crippen LogP contribution in [-0.2, 0) is 12.1 Å². The fourth-order valence-electron chi connectivity index (χ4n) is 3.94. The molecule has 1 saturated heterocycles. The van der Waals surface area contributed by atoms with Crippen molar-refractivity contribution in [1.82, 2.24) is 30.2 Å². The molecule has 3 N–H and O–H groups in total. The van der Waals surface area contributed by atoms with Crippen LogP contribution in [0, 0.1) is 5.82 Å². The zero-order valence-electron chi connectivity index (χ0n) is 18.4. The van der Waals surface area contributed by atoms with Crippen molar-refractivity contribution >= 4 is 11.8 Å². The number of hydrogen-bond acceptors (Lipinski definition) is 8. The second-order valence-electron chi connectivity index (χ2n) is 8.16. The lowest BCUT2D eigenvalue weighted by molar-refractivity contribution is 0.0322. The maximum atomic E-state index is 13.2. The fraction of sp³-hybridized carbons (Fsp3) is 0.304. The lowest BCUT2D eigenvalue weighted by atomic mass is 9.87. The number of rotatable bonds is 5. The van der Waals surface area contributed by atoms with E-state index in [0.29, 0.717) is 18.5 Å². The molecule has 0 radical (unpaired) electrons. The van der Waals surface area contributed by atoms with E-state index in [1.807, 2.05) is 0 Å². The van der Waals surface area contributed by atoms with E-state index in [0.717, 1.165) is 12.8 Å². The monoisotopic (exact) mass is 466 g/mol. The van der Waals surface area contributed by atoms with Crippen molar-refractivity contribution in [3.8, 4) is 11.6 Å². The van der Waals surface area contributed by atoms with Crippen LogP contribution in [0.15, 0.2) is 42.9 Å². The summed E-state index contributed by atoms with van der Waals surface area (Å²) in [7, 11) is 0. The summed E-state index contributed by atoms with van der Waals surface area (Å²) in [5.74, 6) is -3.06. The highest BCUT2D eigenvalue weighted by atomic mass is 19.1. The van der Waals surface area contributed by atoms with E-state index in [1.165, 1.54) is 42.9 Å². The molecule has 3 heterocycles. The quantitative estimate of drug-likeness (QED) is 0.520. The minimum atomic E-state index is -1.07. The molecular formula is C23H23FN6O4. The third kappa shape index (κ3) is 4.49. The molecule has 0 aliphatic carbocycles. The molecule has 11 heteroatoms. The molecule has 0 bridgehead atoms. The zero-order chi connectivity index (χ0) is 24.3. The first-order chi connectivity index (χ1) is 16.3. The maximum Gasteiger partial charge on any atom is 0.274 e. The first-order valence-corrected chi connectivity index (χ1v) is 10.7. The molecule has 1 atom stereocenters. The molecule has 3 aromatic rings. The number of aromatic nitrogens is 4. The van der Waals surface area contributed by atoms with Crippen molar-refractivity contribution in [3.05, 3.63) is 71.4 Å². The number of carbonyl (C=O) groups excluding carboxylic acids is 2. The summed E-state index contributed by atoms with van der Waals surface area (Å²) in [5.41, 5.74) is -0.712. The van der Waals surface area contributed by atoms with Crippen molar-refractivity contribution in [1.29, 1.82) is 0 Å². The van der Waals surface area contributed by atoms with Gasteiger partial charge in [-0.15, -0.1) is 0 Å². The highest BCUT2D eigenvalue weighted by Crippen LogP contribution is 2.38. The van der Waals surface area contributed by atoms with Crippen LogP contribution in [0.3, 0.4) is 0 Å². The van der Waals surface area contributed by atoms with Gasteiger partial charge < -0.3 is 20.4 Å². The van der Waals surface area contributed by atoms with Crippen molar-refractivity contribution < 1.29 is 24.2 Å². The molecule has 2 amide bonds. The number of carbonyl (C=O) groups is 2. The summed E-state index contributed by atoms with van der Waals surface area (Å²) in [5, 5.41) is 23.1. The van der Waals surface area contributed by atoms with Crippen LogP contribution in [-0.4, -0.2) is 53.4 Å². The molecular weight excluding hydrogens is 443 g/mol. The van der Waals surface area contributed by atoms with Gasteiger partial charge in [0.2, 0.25) is 5.75 Å². The summed E-state index contributed by atoms with van der Waals surface area (Å²) in [4.78, 5) is 43.8. The predicted molar refractivity (Wildman–Crippen MR) is 117 cm³/mol. The number of benzene rings is 1. The Hall–Kier alpha value is -4.15. The van der Waals surface area contributed by atoms with Gasteiger partial charge in [0.1, 0.15) is 17.1 Å². The van der Waals surface area contributed by atoms with Crippen molar-refractivity contribution in [2.45, 2.75) is 38.3 Å². The summed E-state index contributed by atoms with van der Waals surface area (Å²) in [6, 6.07) is 5.55. The van der Waals surface area contributed by atoms with E-state index in [4.69, 9.17) is 0 Å². The smallest absolute Gasteiger partial charge is 0.274 e. The Balaban J connectivity index is 1.64. The number of amides is 2. The third-order valence-electron chi connectivity index (χ3n) is 5.85. The Bertz CT molecular complexity index is 1210. The van der Waals surface area contributed by atoms with Crippen molar-refractivity contribution in [2.24, 2.45) is 0 Å². The summed E-state index contributed by atoms with van der Waals surface area (Å²) < 4.78 is 13.1. The molecule has 2 aromatic heterocycles. The third-order valence-corrected chi connectivity index (χ3v) is 5.85. The number of nitrogens with one attached hydrogen (secondary N) is 1. The van der Waals surface area contributed by atoms with E-state index in [1.54, 1.807) is 11.8 Å². The minimum absolute atomic E-state index is 0.0201. The van der Waals surface area contributed by atoms with Gasteiger partial charge in [0.15, 0.2) is 11.5 Å². The molecule has 10 nitrogen and oxygen atoms in total. The van der Waals surface area contributed by atoms with Crippen LogP contribution in [0.2, 0.25) is 0 Å². The molecule has 34 heavy (non-hydrogen) atoms. The molecule has 1 aromatic carbocycles. The van der Waals surface area contributed by atoms with Gasteiger partial charge in [-0.25, -0.2) is 14.4 Å². The molecule has 1 fully saturated rings. The van der Waals surface area contributed by atoms with E-state index in [2.05, 4.69) is 25.3 Å². The number of nitrogens with zero attached hydrogens (tertiary/aromatic N) is 5. The number of hydrogen-bond donors (Lipinski definition) is 3. The Kier molecular flexibility index (Phi) is 6.35. The van der Waals surface area contributed by atoms with Gasteiger partial charge in [0, 0.05) is 25.5 Å². The van der Waals surface area contributed by atoms with E-state index in [-0.39, 0.29) is 24.0 Å². The van der Waals surface area contributed by atoms with Crippen LogP contribution >= 0.6 is 0 Å². The average molecular weight is 466 g/mol. The second-order valence-corrected chi connectivity index (χ2v) is 8.16. The minimum Gasteiger partial charge on any atom is -0.501 e. The first kappa shape index (κ1) is 23.0. The molecule has 1 aliphatic rings. The van der Waals surface area contributed by atoms with Gasteiger partial charge in [0.05, 0.1) is 6.20 Å². The van der Waals surface area contributed by atoms with E-state index >= 15 is 0 Å². The Morgan fingerprint density at radius 3 is 2.62 bits per heavy atom. The van der Waals surface area contributed by atoms with Crippen LogP contribution in [0.5, 0.6) is 11.6 Å². The average Bonchev–Trinajstić information content (AvgIpc) is 2.85. The van der Waals surface area contributed by atoms with Gasteiger partial charge in [0.25, 0.3) is 17.7 Å². The molecule has 4 rings (SSSR count). The summed E-state index contributed by atoms with van der Waals surface area (Å²) in [6.45, 7) is 2.18. The van der Waals surface area contributed by atoms with Crippen LogP contribution in [0.25, 0.3) is 0 Å². The number of piperidine rings is 1. The standard InChI is InChI=1S/C23H23FN6O4/c1-23(8-2-3-11-30(23)21(34)16-13-25-9-10-26-16)22-28-17(18(31)20(33)29-22)19(32)27-12-14-4-6-15(24)7-5-14/h4-7,9-10,13,31H,2-3,8,11-12H2,1H3,(H,27,32)(H,28,29,33). The zero-order valence-corrected chi connectivity index (χ0v) is 18.4. The molecule has 1 unspecified atom stereocenters. The van der Waals surface area contributed by atoms with Gasteiger partial charge in [-0.05, 0) is 43.9 Å². The number of halogens is 1. The highest BCUT2D eigenvalue weighted by molar-refractivity contribution is 5.95. The van der Waals surface area contributed by atoms with Crippen molar-refractivity contribution in [2.75, 3.05) is 6.54 Å². The van der Waals surface area contributed by atoms with Crippen LogP contribution in [0.1, 0.15) is 58.6 Å². The molecule has 0 saturated carbocycles. The molecule has 0 spiro atoms. The molecule has 176 valence electrons. The summed E-state index contributed by atoms with van der Waals surface area (Å²) >= 11 is 0. The lowest BCUT2D eigenvalue weighted by Crippen LogP contribution is -2.51. The maximum absolute atomic E-state index is 13.2. The normalized spacial score (nSPS) is 17.9. The SMILES string of the molecule is CC1(c2nc(O)c(O)c(C(=O)NCc3ccc(F)cc3)n2)CCCCN1C(=O)c1cnccn1. The first-order valence-electron chi connectivity index (χ1n) is 10.7. The lowest BCUT2D eigenvalue weighted by Gasteiger charge is -2.43. The predicted octanol–water partition coefficient (Wildman–Crippen LogP) is 2.29. The summed E-state index contributed by atoms with van der Waals surface area (Å²) in [6.07, 6.45) is 6.22. The number of likely N-dealkylation sites (tertiary alicyclic amines) is 1. The Labute approximate surface area is 194 Å². The highest BCUT2D eigenvalue weighted by Gasteiger charge is 2.43. The van der Waals surface area contributed by atoms with Crippen LogP contribution in [0.4, 0.5) is 4.39 Å². The largest absolute Gasteiger partial charge is 0.501 e. The number of aromatic hydroxyl groups is 2. The van der Waals surface area contributed by atoms with E-state index < -0.39 is 34.6 Å². The van der Waals surface area contributed by atoms with Crippen molar-refractivity contribution in [3.63, 3.8) is 0 Å². The second kappa shape index (κ2) is 9.38. The Morgan fingerprint density at radius 2 is 1.91 bits per heavy atom. The Morgan fingerprint density at radius 1 is 1.15 bits per heavy atom. The van der Waals surface area contributed by atoms with Gasteiger partial charge in [-0.1, -0.05) is 12.1 Å². The van der Waals surface area contributed by atoms with Gasteiger partial charge in [-0.3, -0.25) is 14.6 Å². The fourth-order valence-corrected chi connectivity index (χ4v) is 3.94. The van der Waals surface area contributed by atoms with Gasteiger partial charge in [-0.2, -0.15) is 4.98 Å². The topological polar surface area (TPSA) is 141 Å². The van der Waals surface area contributed by atoms with E-state index in [9.17, 15) is 24.2 Å². The molecule has 1 aliphatic heterocycles.